The van der Waals surface area contributed by atoms with Crippen molar-refractivity contribution in [3.8, 4) is 0 Å². The summed E-state index contributed by atoms with van der Waals surface area (Å²) in [6, 6.07) is -0.162. The van der Waals surface area contributed by atoms with Crippen molar-refractivity contribution in [2.75, 3.05) is 20.3 Å². The van der Waals surface area contributed by atoms with Crippen LogP contribution in [0.2, 0.25) is 0 Å². The van der Waals surface area contributed by atoms with Gasteiger partial charge in [0.25, 0.3) is 0 Å². The molecule has 1 fully saturated rings. The standard InChI is InChI=1S/C13H18BrN3O2/c1-8-13(18)16(2)7-10-11(14)15-12(17(8)10)9-3-5-19-6-4-9/h8-9H,3-7H2,1-2H3. The molecular formula is C13H18BrN3O2. The van der Waals surface area contributed by atoms with Crippen LogP contribution < -0.4 is 0 Å². The average Bonchev–Trinajstić information content (AvgIpc) is 2.75. The Kier molecular flexibility index (Phi) is 3.39. The van der Waals surface area contributed by atoms with E-state index in [9.17, 15) is 4.79 Å². The molecule has 2 aliphatic heterocycles. The molecule has 0 spiro atoms. The lowest BCUT2D eigenvalue weighted by Gasteiger charge is -2.32. The topological polar surface area (TPSA) is 47.4 Å². The fraction of sp³-hybridized carbons (Fsp3) is 0.692. The Morgan fingerprint density at radius 3 is 2.74 bits per heavy atom. The first kappa shape index (κ1) is 13.1. The Labute approximate surface area is 121 Å². The number of halogens is 1. The molecule has 0 saturated carbocycles. The average molecular weight is 328 g/mol. The van der Waals surface area contributed by atoms with Crippen LogP contribution in [0.1, 0.15) is 43.2 Å². The molecule has 3 rings (SSSR count). The predicted molar refractivity (Wildman–Crippen MR) is 73.9 cm³/mol. The number of imidazole rings is 1. The monoisotopic (exact) mass is 327 g/mol. The fourth-order valence-electron chi connectivity index (χ4n) is 3.01. The van der Waals surface area contributed by atoms with Crippen molar-refractivity contribution in [1.29, 1.82) is 0 Å². The minimum atomic E-state index is -0.162. The molecule has 104 valence electrons. The molecular weight excluding hydrogens is 310 g/mol. The third-order valence-corrected chi connectivity index (χ3v) is 4.72. The highest BCUT2D eigenvalue weighted by atomic mass is 79.9. The lowest BCUT2D eigenvalue weighted by atomic mass is 9.99. The van der Waals surface area contributed by atoms with Crippen LogP contribution >= 0.6 is 15.9 Å². The molecule has 1 saturated heterocycles. The molecule has 2 aliphatic rings. The van der Waals surface area contributed by atoms with Crippen molar-refractivity contribution < 1.29 is 9.53 Å². The fourth-order valence-corrected chi connectivity index (χ4v) is 3.50. The van der Waals surface area contributed by atoms with Gasteiger partial charge in [-0.3, -0.25) is 4.79 Å². The minimum Gasteiger partial charge on any atom is -0.381 e. The highest BCUT2D eigenvalue weighted by molar-refractivity contribution is 9.10. The van der Waals surface area contributed by atoms with Gasteiger partial charge in [-0.15, -0.1) is 0 Å². The molecule has 6 heteroatoms. The van der Waals surface area contributed by atoms with Gasteiger partial charge in [0.15, 0.2) is 0 Å². The van der Waals surface area contributed by atoms with E-state index >= 15 is 0 Å². The highest BCUT2D eigenvalue weighted by Crippen LogP contribution is 2.35. The van der Waals surface area contributed by atoms with E-state index in [0.717, 1.165) is 42.2 Å². The Bertz CT molecular complexity index is 508. The van der Waals surface area contributed by atoms with Crippen LogP contribution in [-0.2, 0) is 16.1 Å². The maximum Gasteiger partial charge on any atom is 0.245 e. The van der Waals surface area contributed by atoms with Crippen molar-refractivity contribution in [2.24, 2.45) is 0 Å². The van der Waals surface area contributed by atoms with Crippen LogP contribution in [0, 0.1) is 0 Å². The minimum absolute atomic E-state index is 0.158. The molecule has 5 nitrogen and oxygen atoms in total. The van der Waals surface area contributed by atoms with Gasteiger partial charge >= 0.3 is 0 Å². The van der Waals surface area contributed by atoms with Crippen molar-refractivity contribution in [3.63, 3.8) is 0 Å². The maximum absolute atomic E-state index is 12.2. The second-order valence-corrected chi connectivity index (χ2v) is 6.09. The first-order valence-electron chi connectivity index (χ1n) is 6.68. The molecule has 1 unspecified atom stereocenters. The summed E-state index contributed by atoms with van der Waals surface area (Å²) in [7, 11) is 1.84. The normalized spacial score (nSPS) is 24.7. The van der Waals surface area contributed by atoms with Crippen molar-refractivity contribution in [3.05, 3.63) is 16.1 Å². The van der Waals surface area contributed by atoms with E-state index in [1.165, 1.54) is 0 Å². The quantitative estimate of drug-likeness (QED) is 0.793. The van der Waals surface area contributed by atoms with E-state index < -0.39 is 0 Å². The van der Waals surface area contributed by atoms with E-state index in [1.807, 2.05) is 14.0 Å². The molecule has 1 aromatic heterocycles. The van der Waals surface area contributed by atoms with Gasteiger partial charge in [0.05, 0.1) is 12.2 Å². The molecule has 0 radical (unpaired) electrons. The van der Waals surface area contributed by atoms with E-state index in [-0.39, 0.29) is 11.9 Å². The van der Waals surface area contributed by atoms with Gasteiger partial charge in [0, 0.05) is 26.2 Å². The van der Waals surface area contributed by atoms with Crippen molar-refractivity contribution >= 4 is 21.8 Å². The summed E-state index contributed by atoms with van der Waals surface area (Å²) in [5.41, 5.74) is 1.11. The Morgan fingerprint density at radius 2 is 2.05 bits per heavy atom. The second-order valence-electron chi connectivity index (χ2n) is 5.33. The van der Waals surface area contributed by atoms with Crippen LogP contribution in [0.4, 0.5) is 0 Å². The summed E-state index contributed by atoms with van der Waals surface area (Å²) >= 11 is 3.54. The zero-order chi connectivity index (χ0) is 13.6. The maximum atomic E-state index is 12.2. The Hall–Kier alpha value is -0.880. The number of hydrogen-bond acceptors (Lipinski definition) is 3. The second kappa shape index (κ2) is 4.90. The molecule has 0 aromatic carbocycles. The summed E-state index contributed by atoms with van der Waals surface area (Å²) in [5, 5.41) is 0. The molecule has 19 heavy (non-hydrogen) atoms. The number of ether oxygens (including phenoxy) is 1. The first-order chi connectivity index (χ1) is 9.09. The number of rotatable bonds is 1. The number of carbonyl (C=O) groups excluding carboxylic acids is 1. The van der Waals surface area contributed by atoms with Crippen LogP contribution in [0.25, 0.3) is 0 Å². The smallest absolute Gasteiger partial charge is 0.245 e. The summed E-state index contributed by atoms with van der Waals surface area (Å²) < 4.78 is 8.42. The largest absolute Gasteiger partial charge is 0.381 e. The van der Waals surface area contributed by atoms with Crippen LogP contribution in [0.3, 0.4) is 0 Å². The van der Waals surface area contributed by atoms with E-state index in [1.54, 1.807) is 4.90 Å². The van der Waals surface area contributed by atoms with Gasteiger partial charge in [0.1, 0.15) is 16.5 Å². The number of aromatic nitrogens is 2. The first-order valence-corrected chi connectivity index (χ1v) is 7.48. The molecule has 1 amide bonds. The van der Waals surface area contributed by atoms with Crippen LogP contribution in [0.15, 0.2) is 4.60 Å². The lowest BCUT2D eigenvalue weighted by Crippen LogP contribution is -2.40. The van der Waals surface area contributed by atoms with Crippen LogP contribution in [-0.4, -0.2) is 40.6 Å². The third kappa shape index (κ3) is 2.10. The van der Waals surface area contributed by atoms with E-state index in [2.05, 4.69) is 25.5 Å². The van der Waals surface area contributed by atoms with Gasteiger partial charge in [-0.1, -0.05) is 0 Å². The number of likely N-dealkylation sites (N-methyl/N-ethyl adjacent to an activating group) is 1. The van der Waals surface area contributed by atoms with Gasteiger partial charge in [-0.2, -0.15) is 0 Å². The van der Waals surface area contributed by atoms with Crippen molar-refractivity contribution in [1.82, 2.24) is 14.5 Å². The van der Waals surface area contributed by atoms with Crippen LogP contribution in [0.5, 0.6) is 0 Å². The summed E-state index contributed by atoms with van der Waals surface area (Å²) in [6.07, 6.45) is 1.97. The number of carbonyl (C=O) groups is 1. The van der Waals surface area contributed by atoms with Crippen molar-refractivity contribution in [2.45, 2.75) is 38.3 Å². The highest BCUT2D eigenvalue weighted by Gasteiger charge is 2.34. The summed E-state index contributed by atoms with van der Waals surface area (Å²) in [4.78, 5) is 18.6. The molecule has 1 aromatic rings. The van der Waals surface area contributed by atoms with Gasteiger partial charge in [-0.25, -0.2) is 4.98 Å². The number of amides is 1. The number of hydrogen-bond donors (Lipinski definition) is 0. The van der Waals surface area contributed by atoms with Gasteiger partial charge in [0.2, 0.25) is 5.91 Å². The molecule has 0 N–H and O–H groups in total. The number of fused-ring (bicyclic) bond motifs is 1. The van der Waals surface area contributed by atoms with Gasteiger partial charge < -0.3 is 14.2 Å². The zero-order valence-electron chi connectivity index (χ0n) is 11.2. The summed E-state index contributed by atoms with van der Waals surface area (Å²) in [5.74, 6) is 1.60. The van der Waals surface area contributed by atoms with Gasteiger partial charge in [-0.05, 0) is 35.7 Å². The predicted octanol–water partition coefficient (Wildman–Crippen LogP) is 2.07. The third-order valence-electron chi connectivity index (χ3n) is 4.08. The Morgan fingerprint density at radius 1 is 1.37 bits per heavy atom. The molecule has 0 aliphatic carbocycles. The number of nitrogens with zero attached hydrogens (tertiary/aromatic N) is 3. The lowest BCUT2D eigenvalue weighted by molar-refractivity contribution is -0.135. The molecule has 0 bridgehead atoms. The molecule has 3 heterocycles. The van der Waals surface area contributed by atoms with E-state index in [0.29, 0.717) is 12.5 Å². The molecule has 1 atom stereocenters. The SMILES string of the molecule is CC1C(=O)N(C)Cc2c(Br)nc(C3CCOCC3)n21. The summed E-state index contributed by atoms with van der Waals surface area (Å²) in [6.45, 7) is 4.15. The Balaban J connectivity index is 2.03. The van der Waals surface area contributed by atoms with E-state index in [4.69, 9.17) is 4.74 Å². The zero-order valence-corrected chi connectivity index (χ0v) is 12.8.